The third kappa shape index (κ3) is 3.92. The topological polar surface area (TPSA) is 93.8 Å². The lowest BCUT2D eigenvalue weighted by atomic mass is 10.1. The fourth-order valence-corrected chi connectivity index (χ4v) is 2.28. The monoisotopic (exact) mass is 319 g/mol. The first-order valence-corrected chi connectivity index (χ1v) is 7.60. The van der Waals surface area contributed by atoms with E-state index in [1.54, 1.807) is 24.4 Å². The minimum Gasteiger partial charge on any atom is -0.368 e. The second kappa shape index (κ2) is 7.32. The van der Waals surface area contributed by atoms with E-state index in [2.05, 4.69) is 20.5 Å². The number of nitrogens with zero attached hydrogens (tertiary/aromatic N) is 3. The van der Waals surface area contributed by atoms with Gasteiger partial charge in [0.2, 0.25) is 5.91 Å². The number of aromatic nitrogens is 3. The highest BCUT2D eigenvalue weighted by Gasteiger charge is 2.05. The summed E-state index contributed by atoms with van der Waals surface area (Å²) in [5.41, 5.74) is 8.27. The summed E-state index contributed by atoms with van der Waals surface area (Å²) in [7, 11) is 0. The van der Waals surface area contributed by atoms with Crippen molar-refractivity contribution in [1.82, 2.24) is 15.2 Å². The van der Waals surface area contributed by atoms with E-state index in [1.807, 2.05) is 36.4 Å². The molecule has 6 heteroatoms. The van der Waals surface area contributed by atoms with E-state index in [4.69, 9.17) is 5.73 Å². The zero-order valence-electron chi connectivity index (χ0n) is 13.0. The molecule has 2 heterocycles. The predicted molar refractivity (Wildman–Crippen MR) is 92.4 cm³/mol. The third-order valence-electron chi connectivity index (χ3n) is 3.52. The van der Waals surface area contributed by atoms with Gasteiger partial charge in [0.15, 0.2) is 0 Å². The number of rotatable bonds is 6. The molecule has 0 unspecified atom stereocenters. The summed E-state index contributed by atoms with van der Waals surface area (Å²) in [6.45, 7) is 0.724. The first-order chi connectivity index (χ1) is 11.7. The maximum absolute atomic E-state index is 11.2. The average molecular weight is 319 g/mol. The average Bonchev–Trinajstić information content (AvgIpc) is 2.63. The van der Waals surface area contributed by atoms with Crippen LogP contribution in [-0.4, -0.2) is 27.6 Å². The number of hydrogen-bond acceptors (Lipinski definition) is 5. The summed E-state index contributed by atoms with van der Waals surface area (Å²) in [4.78, 5) is 15.5. The van der Waals surface area contributed by atoms with Gasteiger partial charge in [-0.3, -0.25) is 9.78 Å². The van der Waals surface area contributed by atoms with Crippen LogP contribution >= 0.6 is 0 Å². The number of pyridine rings is 1. The number of carbonyl (C=O) groups is 1. The second-order valence-electron chi connectivity index (χ2n) is 5.25. The van der Waals surface area contributed by atoms with Crippen LogP contribution in [0, 0.1) is 0 Å². The van der Waals surface area contributed by atoms with Crippen molar-refractivity contribution in [3.8, 4) is 11.3 Å². The molecule has 0 fully saturated rings. The Balaban J connectivity index is 1.63. The normalized spacial score (nSPS) is 10.3. The fraction of sp³-hybridized carbons (Fsp3) is 0.111. The summed E-state index contributed by atoms with van der Waals surface area (Å²) < 4.78 is 0. The quantitative estimate of drug-likeness (QED) is 0.727. The molecule has 0 bridgehead atoms. The lowest BCUT2D eigenvalue weighted by molar-refractivity contribution is 0.100. The van der Waals surface area contributed by atoms with Crippen molar-refractivity contribution in [2.75, 3.05) is 11.9 Å². The van der Waals surface area contributed by atoms with Crippen molar-refractivity contribution in [3.63, 3.8) is 0 Å². The molecule has 3 rings (SSSR count). The van der Waals surface area contributed by atoms with Gasteiger partial charge in [0.25, 0.3) is 0 Å². The molecular weight excluding hydrogens is 302 g/mol. The van der Waals surface area contributed by atoms with Gasteiger partial charge in [-0.05, 0) is 36.4 Å². The summed E-state index contributed by atoms with van der Waals surface area (Å²) in [5.74, 6) is 0.235. The Bertz CT molecular complexity index is 818. The molecular formula is C18H17N5O. The number of hydrogen-bond donors (Lipinski definition) is 2. The molecule has 24 heavy (non-hydrogen) atoms. The molecule has 2 aromatic heterocycles. The van der Waals surface area contributed by atoms with E-state index >= 15 is 0 Å². The van der Waals surface area contributed by atoms with Crippen LogP contribution in [0.15, 0.2) is 60.8 Å². The van der Waals surface area contributed by atoms with Crippen LogP contribution in [-0.2, 0) is 6.42 Å². The van der Waals surface area contributed by atoms with Crippen molar-refractivity contribution in [1.29, 1.82) is 0 Å². The van der Waals surface area contributed by atoms with Crippen LogP contribution in [0.4, 0.5) is 5.82 Å². The molecule has 6 nitrogen and oxygen atoms in total. The molecule has 1 aromatic carbocycles. The van der Waals surface area contributed by atoms with Crippen LogP contribution in [0.25, 0.3) is 11.3 Å². The molecule has 0 atom stereocenters. The summed E-state index contributed by atoms with van der Waals surface area (Å²) in [5, 5.41) is 11.6. The van der Waals surface area contributed by atoms with Crippen LogP contribution in [0.3, 0.4) is 0 Å². The molecule has 0 radical (unpaired) electrons. The van der Waals surface area contributed by atoms with Crippen molar-refractivity contribution in [2.45, 2.75) is 6.42 Å². The van der Waals surface area contributed by atoms with E-state index < -0.39 is 5.91 Å². The highest BCUT2D eigenvalue weighted by molar-refractivity contribution is 5.93. The van der Waals surface area contributed by atoms with Crippen LogP contribution in [0.1, 0.15) is 16.1 Å². The second-order valence-corrected chi connectivity index (χ2v) is 5.25. The van der Waals surface area contributed by atoms with Gasteiger partial charge in [0.05, 0.1) is 5.69 Å². The first kappa shape index (κ1) is 15.6. The Kier molecular flexibility index (Phi) is 4.76. The number of nitrogens with two attached hydrogens (primary N) is 1. The minimum absolute atomic E-state index is 0.451. The molecule has 0 saturated carbocycles. The van der Waals surface area contributed by atoms with Gasteiger partial charge in [-0.1, -0.05) is 18.2 Å². The lowest BCUT2D eigenvalue weighted by Gasteiger charge is -2.06. The predicted octanol–water partition coefficient (Wildman–Crippen LogP) is 2.29. The van der Waals surface area contributed by atoms with Crippen molar-refractivity contribution < 1.29 is 4.79 Å². The maximum Gasteiger partial charge on any atom is 0.248 e. The van der Waals surface area contributed by atoms with Crippen molar-refractivity contribution >= 4 is 11.7 Å². The SMILES string of the molecule is NC(=O)c1cccc(-c2ccc(NCCc3ccccn3)nn2)c1. The molecule has 0 saturated heterocycles. The maximum atomic E-state index is 11.2. The van der Waals surface area contributed by atoms with Gasteiger partial charge in [0, 0.05) is 36.0 Å². The fourth-order valence-electron chi connectivity index (χ4n) is 2.28. The zero-order valence-corrected chi connectivity index (χ0v) is 13.0. The number of anilines is 1. The van der Waals surface area contributed by atoms with Crippen molar-refractivity contribution in [3.05, 3.63) is 72.1 Å². The van der Waals surface area contributed by atoms with Crippen LogP contribution in [0.5, 0.6) is 0 Å². The summed E-state index contributed by atoms with van der Waals surface area (Å²) in [6, 6.07) is 16.6. The van der Waals surface area contributed by atoms with Gasteiger partial charge >= 0.3 is 0 Å². The number of nitrogens with one attached hydrogen (secondary N) is 1. The largest absolute Gasteiger partial charge is 0.368 e. The smallest absolute Gasteiger partial charge is 0.248 e. The molecule has 0 spiro atoms. The van der Waals surface area contributed by atoms with Gasteiger partial charge in [0.1, 0.15) is 5.82 Å². The van der Waals surface area contributed by atoms with E-state index in [-0.39, 0.29) is 0 Å². The molecule has 1 amide bonds. The number of amides is 1. The molecule has 0 aliphatic rings. The first-order valence-electron chi connectivity index (χ1n) is 7.60. The Hall–Kier alpha value is -3.28. The highest BCUT2D eigenvalue weighted by atomic mass is 16.1. The number of benzene rings is 1. The Morgan fingerprint density at radius 3 is 2.67 bits per heavy atom. The van der Waals surface area contributed by atoms with E-state index in [0.29, 0.717) is 17.1 Å². The third-order valence-corrected chi connectivity index (χ3v) is 3.52. The molecule has 0 aliphatic heterocycles. The van der Waals surface area contributed by atoms with E-state index in [9.17, 15) is 4.79 Å². The van der Waals surface area contributed by atoms with Gasteiger partial charge in [-0.2, -0.15) is 0 Å². The Morgan fingerprint density at radius 1 is 1.04 bits per heavy atom. The lowest BCUT2D eigenvalue weighted by Crippen LogP contribution is -2.10. The van der Waals surface area contributed by atoms with Gasteiger partial charge in [-0.25, -0.2) is 0 Å². The number of carbonyl (C=O) groups excluding carboxylic acids is 1. The molecule has 3 N–H and O–H groups in total. The standard InChI is InChI=1S/C18H17N5O/c19-18(24)14-5-3-4-13(12-14)16-7-8-17(23-22-16)21-11-9-15-6-1-2-10-20-15/h1-8,10,12H,9,11H2,(H2,19,24)(H,21,23). The highest BCUT2D eigenvalue weighted by Crippen LogP contribution is 2.18. The van der Waals surface area contributed by atoms with E-state index in [0.717, 1.165) is 24.2 Å². The van der Waals surface area contributed by atoms with Gasteiger partial charge in [-0.15, -0.1) is 10.2 Å². The minimum atomic E-state index is -0.461. The Labute approximate surface area is 139 Å². The van der Waals surface area contributed by atoms with Crippen molar-refractivity contribution in [2.24, 2.45) is 5.73 Å². The molecule has 0 aliphatic carbocycles. The summed E-state index contributed by atoms with van der Waals surface area (Å²) >= 11 is 0. The molecule has 3 aromatic rings. The number of primary amides is 1. The van der Waals surface area contributed by atoms with E-state index in [1.165, 1.54) is 0 Å². The molecule has 120 valence electrons. The Morgan fingerprint density at radius 2 is 1.96 bits per heavy atom. The van der Waals surface area contributed by atoms with Crippen LogP contribution < -0.4 is 11.1 Å². The van der Waals surface area contributed by atoms with Gasteiger partial charge < -0.3 is 11.1 Å². The zero-order chi connectivity index (χ0) is 16.8. The summed E-state index contributed by atoms with van der Waals surface area (Å²) in [6.07, 6.45) is 2.59. The van der Waals surface area contributed by atoms with Crippen LogP contribution in [0.2, 0.25) is 0 Å².